The highest BCUT2D eigenvalue weighted by Gasteiger charge is 2.29. The van der Waals surface area contributed by atoms with E-state index >= 15 is 0 Å². The largest absolute Gasteiger partial charge is 0.444 e. The minimum Gasteiger partial charge on any atom is -0.444 e. The van der Waals surface area contributed by atoms with Crippen LogP contribution in [0.4, 0.5) is 4.79 Å². The van der Waals surface area contributed by atoms with Gasteiger partial charge in [0.1, 0.15) is 5.60 Å². The zero-order valence-electron chi connectivity index (χ0n) is 16.4. The topological polar surface area (TPSA) is 101 Å². The van der Waals surface area contributed by atoms with Crippen LogP contribution in [0, 0.1) is 0 Å². The number of rotatable bonds is 7. The first kappa shape index (κ1) is 21.4. The van der Waals surface area contributed by atoms with Gasteiger partial charge in [0, 0.05) is 6.20 Å². The van der Waals surface area contributed by atoms with Crippen LogP contribution in [0.1, 0.15) is 32.0 Å². The van der Waals surface area contributed by atoms with E-state index in [1.165, 1.54) is 0 Å². The van der Waals surface area contributed by atoms with Crippen LogP contribution >= 0.6 is 0 Å². The van der Waals surface area contributed by atoms with Gasteiger partial charge in [-0.05, 0) is 44.9 Å². The highest BCUT2D eigenvalue weighted by molar-refractivity contribution is 5.82. The van der Waals surface area contributed by atoms with Crippen LogP contribution in [0.25, 0.3) is 0 Å². The van der Waals surface area contributed by atoms with E-state index in [4.69, 9.17) is 4.74 Å². The second kappa shape index (κ2) is 9.85. The number of aliphatic hydroxyl groups excluding tert-OH is 1. The molecule has 150 valence electrons. The summed E-state index contributed by atoms with van der Waals surface area (Å²) >= 11 is 0. The average Bonchev–Trinajstić information content (AvgIpc) is 2.65. The van der Waals surface area contributed by atoms with Gasteiger partial charge < -0.3 is 20.5 Å². The maximum absolute atomic E-state index is 12.4. The third-order valence-corrected chi connectivity index (χ3v) is 3.82. The Morgan fingerprint density at radius 3 is 2.39 bits per heavy atom. The first-order valence-corrected chi connectivity index (χ1v) is 9.14. The third kappa shape index (κ3) is 7.36. The van der Waals surface area contributed by atoms with Gasteiger partial charge in [-0.25, -0.2) is 4.79 Å². The Hall–Kier alpha value is -2.93. The summed E-state index contributed by atoms with van der Waals surface area (Å²) in [6.45, 7) is 5.42. The van der Waals surface area contributed by atoms with Crippen molar-refractivity contribution in [3.63, 3.8) is 0 Å². The summed E-state index contributed by atoms with van der Waals surface area (Å²) in [5.41, 5.74) is 0.857. The highest BCUT2D eigenvalue weighted by Crippen LogP contribution is 2.10. The summed E-state index contributed by atoms with van der Waals surface area (Å²) in [4.78, 5) is 28.7. The Morgan fingerprint density at radius 1 is 1.11 bits per heavy atom. The summed E-state index contributed by atoms with van der Waals surface area (Å²) in [5, 5.41) is 15.8. The quantitative estimate of drug-likeness (QED) is 0.678. The highest BCUT2D eigenvalue weighted by atomic mass is 16.6. The van der Waals surface area contributed by atoms with Crippen molar-refractivity contribution in [3.05, 3.63) is 66.0 Å². The molecule has 3 N–H and O–H groups in total. The van der Waals surface area contributed by atoms with E-state index in [-0.39, 0.29) is 13.0 Å². The minimum atomic E-state index is -1.45. The van der Waals surface area contributed by atoms with Crippen molar-refractivity contribution in [1.82, 2.24) is 15.6 Å². The summed E-state index contributed by atoms with van der Waals surface area (Å²) in [5.74, 6) is -0.595. The Morgan fingerprint density at radius 2 is 1.79 bits per heavy atom. The SMILES string of the molecule is CC(C)(C)OC(=O)NC(Cc1ccccc1)C(O)C(=O)NCc1ccccn1. The van der Waals surface area contributed by atoms with E-state index < -0.39 is 29.7 Å². The van der Waals surface area contributed by atoms with E-state index in [1.807, 2.05) is 36.4 Å². The number of hydrogen-bond acceptors (Lipinski definition) is 5. The van der Waals surface area contributed by atoms with Crippen LogP contribution in [-0.4, -0.2) is 39.8 Å². The molecule has 0 saturated heterocycles. The normalized spacial score (nSPS) is 13.3. The first-order valence-electron chi connectivity index (χ1n) is 9.14. The van der Waals surface area contributed by atoms with Crippen LogP contribution < -0.4 is 10.6 Å². The van der Waals surface area contributed by atoms with Gasteiger partial charge in [-0.2, -0.15) is 0 Å². The number of benzene rings is 1. The third-order valence-electron chi connectivity index (χ3n) is 3.82. The predicted octanol–water partition coefficient (Wildman–Crippen LogP) is 2.19. The Bertz CT molecular complexity index is 760. The Kier molecular flexibility index (Phi) is 7.52. The second-order valence-corrected chi connectivity index (χ2v) is 7.43. The maximum Gasteiger partial charge on any atom is 0.407 e. The molecule has 0 fully saturated rings. The van der Waals surface area contributed by atoms with Crippen molar-refractivity contribution < 1.29 is 19.4 Å². The van der Waals surface area contributed by atoms with E-state index in [9.17, 15) is 14.7 Å². The number of carbonyl (C=O) groups excluding carboxylic acids is 2. The van der Waals surface area contributed by atoms with E-state index in [0.29, 0.717) is 5.69 Å². The fourth-order valence-corrected chi connectivity index (χ4v) is 2.54. The molecule has 2 atom stereocenters. The van der Waals surface area contributed by atoms with Gasteiger partial charge in [0.2, 0.25) is 0 Å². The number of aromatic nitrogens is 1. The molecular weight excluding hydrogens is 358 g/mol. The lowest BCUT2D eigenvalue weighted by Crippen LogP contribution is -2.52. The number of hydrogen-bond donors (Lipinski definition) is 3. The first-order chi connectivity index (χ1) is 13.2. The maximum atomic E-state index is 12.4. The molecule has 2 aromatic rings. The zero-order valence-corrected chi connectivity index (χ0v) is 16.4. The molecule has 1 aromatic heterocycles. The molecule has 2 amide bonds. The molecule has 0 aliphatic rings. The number of alkyl carbamates (subject to hydrolysis) is 1. The van der Waals surface area contributed by atoms with Crippen molar-refractivity contribution in [3.8, 4) is 0 Å². The average molecular weight is 385 g/mol. The lowest BCUT2D eigenvalue weighted by molar-refractivity contribution is -0.130. The van der Waals surface area contributed by atoms with Crippen LogP contribution in [0.15, 0.2) is 54.7 Å². The zero-order chi connectivity index (χ0) is 20.6. The van der Waals surface area contributed by atoms with Crippen molar-refractivity contribution in [2.24, 2.45) is 0 Å². The number of pyridine rings is 1. The smallest absolute Gasteiger partial charge is 0.407 e. The molecule has 7 heteroatoms. The van der Waals surface area contributed by atoms with Gasteiger partial charge in [0.25, 0.3) is 5.91 Å². The van der Waals surface area contributed by atoms with Gasteiger partial charge in [0.05, 0.1) is 18.3 Å². The number of amides is 2. The number of carbonyl (C=O) groups is 2. The van der Waals surface area contributed by atoms with Gasteiger partial charge in [-0.1, -0.05) is 36.4 Å². The minimum absolute atomic E-state index is 0.182. The number of nitrogens with one attached hydrogen (secondary N) is 2. The van der Waals surface area contributed by atoms with Crippen molar-refractivity contribution in [2.75, 3.05) is 0 Å². The lowest BCUT2D eigenvalue weighted by atomic mass is 10.0. The Balaban J connectivity index is 2.05. The molecule has 28 heavy (non-hydrogen) atoms. The van der Waals surface area contributed by atoms with Gasteiger partial charge in [-0.3, -0.25) is 9.78 Å². The predicted molar refractivity (Wildman–Crippen MR) is 105 cm³/mol. The fraction of sp³-hybridized carbons (Fsp3) is 0.381. The van der Waals surface area contributed by atoms with Crippen LogP contribution in [0.5, 0.6) is 0 Å². The van der Waals surface area contributed by atoms with Crippen molar-refractivity contribution in [2.45, 2.75) is 51.5 Å². The van der Waals surface area contributed by atoms with Gasteiger partial charge in [0.15, 0.2) is 6.10 Å². The molecule has 1 heterocycles. The van der Waals surface area contributed by atoms with Crippen molar-refractivity contribution in [1.29, 1.82) is 0 Å². The van der Waals surface area contributed by atoms with E-state index in [1.54, 1.807) is 39.1 Å². The Labute approximate surface area is 165 Å². The van der Waals surface area contributed by atoms with Gasteiger partial charge >= 0.3 is 6.09 Å². The van der Waals surface area contributed by atoms with Gasteiger partial charge in [-0.15, -0.1) is 0 Å². The molecule has 0 saturated carbocycles. The molecule has 0 aliphatic carbocycles. The van der Waals surface area contributed by atoms with Crippen LogP contribution in [0.3, 0.4) is 0 Å². The summed E-state index contributed by atoms with van der Waals surface area (Å²) in [7, 11) is 0. The lowest BCUT2D eigenvalue weighted by Gasteiger charge is -2.26. The monoisotopic (exact) mass is 385 g/mol. The molecule has 7 nitrogen and oxygen atoms in total. The molecule has 0 radical (unpaired) electrons. The summed E-state index contributed by atoms with van der Waals surface area (Å²) < 4.78 is 5.26. The number of nitrogens with zero attached hydrogens (tertiary/aromatic N) is 1. The van der Waals surface area contributed by atoms with Crippen molar-refractivity contribution >= 4 is 12.0 Å². The number of ether oxygens (including phenoxy) is 1. The van der Waals surface area contributed by atoms with E-state index in [0.717, 1.165) is 5.56 Å². The molecule has 0 bridgehead atoms. The molecule has 1 aromatic carbocycles. The number of aliphatic hydroxyl groups is 1. The molecule has 2 rings (SSSR count). The standard InChI is InChI=1S/C21H27N3O4/c1-21(2,3)28-20(27)24-17(13-15-9-5-4-6-10-15)18(25)19(26)23-14-16-11-7-8-12-22-16/h4-12,17-18,25H,13-14H2,1-3H3,(H,23,26)(H,24,27). The molecule has 0 spiro atoms. The molecule has 0 aliphatic heterocycles. The second-order valence-electron chi connectivity index (χ2n) is 7.43. The van der Waals surface area contributed by atoms with E-state index in [2.05, 4.69) is 15.6 Å². The summed E-state index contributed by atoms with van der Waals surface area (Å²) in [6.07, 6.45) is -0.236. The fourth-order valence-electron chi connectivity index (χ4n) is 2.54. The van der Waals surface area contributed by atoms with Crippen LogP contribution in [0.2, 0.25) is 0 Å². The summed E-state index contributed by atoms with van der Waals surface area (Å²) in [6, 6.07) is 13.8. The van der Waals surface area contributed by atoms with Crippen LogP contribution in [-0.2, 0) is 22.5 Å². The molecular formula is C21H27N3O4. The molecule has 2 unspecified atom stereocenters.